The largest absolute Gasteiger partial charge is 0.573 e. The van der Waals surface area contributed by atoms with Crippen LogP contribution in [-0.2, 0) is 6.54 Å². The maximum absolute atomic E-state index is 12.4. The Hall–Kier alpha value is -2.31. The predicted molar refractivity (Wildman–Crippen MR) is 74.5 cm³/mol. The van der Waals surface area contributed by atoms with Crippen molar-refractivity contribution in [1.82, 2.24) is 9.97 Å². The highest BCUT2D eigenvalue weighted by Gasteiger charge is 2.32. The quantitative estimate of drug-likeness (QED) is 0.911. The molecule has 1 N–H and O–H groups in total. The van der Waals surface area contributed by atoms with Crippen LogP contribution in [-0.4, -0.2) is 16.3 Å². The summed E-state index contributed by atoms with van der Waals surface area (Å²) in [7, 11) is 0. The second kappa shape index (κ2) is 5.82. The van der Waals surface area contributed by atoms with Crippen LogP contribution < -0.4 is 10.1 Å². The Bertz CT molecular complexity index is 642. The lowest BCUT2D eigenvalue weighted by Gasteiger charge is -2.13. The van der Waals surface area contributed by atoms with E-state index in [0.717, 1.165) is 18.4 Å². The highest BCUT2D eigenvalue weighted by molar-refractivity contribution is 5.39. The van der Waals surface area contributed by atoms with Crippen LogP contribution in [0.4, 0.5) is 19.1 Å². The van der Waals surface area contributed by atoms with Crippen molar-refractivity contribution >= 4 is 5.95 Å². The number of anilines is 1. The van der Waals surface area contributed by atoms with Gasteiger partial charge in [0.15, 0.2) is 0 Å². The van der Waals surface area contributed by atoms with Gasteiger partial charge in [0.1, 0.15) is 5.75 Å². The Kier molecular flexibility index (Phi) is 3.87. The molecule has 0 bridgehead atoms. The van der Waals surface area contributed by atoms with Gasteiger partial charge in [0.2, 0.25) is 5.95 Å². The van der Waals surface area contributed by atoms with E-state index in [1.165, 1.54) is 12.1 Å². The third-order valence-corrected chi connectivity index (χ3v) is 3.29. The second-order valence-corrected chi connectivity index (χ2v) is 5.16. The summed E-state index contributed by atoms with van der Waals surface area (Å²) < 4.78 is 41.3. The molecule has 1 heterocycles. The van der Waals surface area contributed by atoms with Crippen molar-refractivity contribution < 1.29 is 17.9 Å². The molecule has 4 nitrogen and oxygen atoms in total. The molecule has 116 valence electrons. The summed E-state index contributed by atoms with van der Waals surface area (Å²) in [6.07, 6.45) is 0.506. The number of nitrogens with zero attached hydrogens (tertiary/aromatic N) is 2. The number of hydrogen-bond acceptors (Lipinski definition) is 4. The standard InChI is InChI=1S/C15H14F3N3O/c16-15(17,18)22-13-7-10(6-12(8-13)11-2-3-11)9-21-14-19-4-1-5-20-14/h1,4-8,11H,2-3,9H2,(H,19,20,21). The van der Waals surface area contributed by atoms with Crippen LogP contribution >= 0.6 is 0 Å². The molecule has 1 aliphatic rings. The summed E-state index contributed by atoms with van der Waals surface area (Å²) in [6, 6.07) is 6.44. The van der Waals surface area contributed by atoms with E-state index in [-0.39, 0.29) is 5.75 Å². The molecule has 0 aliphatic heterocycles. The predicted octanol–water partition coefficient (Wildman–Crippen LogP) is 3.86. The molecular weight excluding hydrogens is 295 g/mol. The maximum Gasteiger partial charge on any atom is 0.573 e. The van der Waals surface area contributed by atoms with Gasteiger partial charge >= 0.3 is 6.36 Å². The first-order valence-corrected chi connectivity index (χ1v) is 6.90. The average molecular weight is 309 g/mol. The molecule has 7 heteroatoms. The van der Waals surface area contributed by atoms with E-state index in [9.17, 15) is 13.2 Å². The van der Waals surface area contributed by atoms with E-state index in [2.05, 4.69) is 20.0 Å². The van der Waals surface area contributed by atoms with Crippen molar-refractivity contribution in [3.8, 4) is 5.75 Å². The van der Waals surface area contributed by atoms with E-state index in [4.69, 9.17) is 0 Å². The Morgan fingerprint density at radius 2 is 1.86 bits per heavy atom. The molecule has 1 aromatic heterocycles. The van der Waals surface area contributed by atoms with Gasteiger partial charge in [-0.2, -0.15) is 0 Å². The van der Waals surface area contributed by atoms with Gasteiger partial charge in [-0.15, -0.1) is 13.2 Å². The van der Waals surface area contributed by atoms with Gasteiger partial charge < -0.3 is 10.1 Å². The summed E-state index contributed by atoms with van der Waals surface area (Å²) in [5, 5.41) is 2.98. The zero-order valence-corrected chi connectivity index (χ0v) is 11.6. The Balaban J connectivity index is 1.77. The lowest BCUT2D eigenvalue weighted by Crippen LogP contribution is -2.17. The molecule has 0 amide bonds. The fourth-order valence-corrected chi connectivity index (χ4v) is 2.20. The molecule has 3 rings (SSSR count). The number of alkyl halides is 3. The fraction of sp³-hybridized carbons (Fsp3) is 0.333. The van der Waals surface area contributed by atoms with Gasteiger partial charge in [-0.05, 0) is 48.1 Å². The van der Waals surface area contributed by atoms with Crippen LogP contribution in [0.3, 0.4) is 0 Å². The molecule has 1 saturated carbocycles. The number of aromatic nitrogens is 2. The first kappa shape index (κ1) is 14.6. The van der Waals surface area contributed by atoms with E-state index in [1.807, 2.05) is 6.07 Å². The second-order valence-electron chi connectivity index (χ2n) is 5.16. The number of nitrogens with one attached hydrogen (secondary N) is 1. The van der Waals surface area contributed by atoms with Crippen LogP contribution in [0, 0.1) is 0 Å². The molecule has 1 aromatic carbocycles. The molecule has 0 spiro atoms. The van der Waals surface area contributed by atoms with Crippen LogP contribution in [0.2, 0.25) is 0 Å². The maximum atomic E-state index is 12.4. The Morgan fingerprint density at radius 3 is 2.50 bits per heavy atom. The molecule has 22 heavy (non-hydrogen) atoms. The molecule has 2 aromatic rings. The summed E-state index contributed by atoms with van der Waals surface area (Å²) >= 11 is 0. The number of rotatable bonds is 5. The molecule has 0 radical (unpaired) electrons. The van der Waals surface area contributed by atoms with Gasteiger partial charge in [0.25, 0.3) is 0 Å². The molecule has 1 aliphatic carbocycles. The summed E-state index contributed by atoms with van der Waals surface area (Å²) in [5.74, 6) is 0.587. The lowest BCUT2D eigenvalue weighted by atomic mass is 10.1. The monoisotopic (exact) mass is 309 g/mol. The summed E-state index contributed by atoms with van der Waals surface area (Å²) in [6.45, 7) is 0.332. The van der Waals surface area contributed by atoms with E-state index >= 15 is 0 Å². The van der Waals surface area contributed by atoms with Crippen LogP contribution in [0.1, 0.15) is 29.9 Å². The van der Waals surface area contributed by atoms with Crippen molar-refractivity contribution in [3.05, 3.63) is 47.8 Å². The Labute approximate surface area is 125 Å². The number of halogens is 3. The van der Waals surface area contributed by atoms with E-state index < -0.39 is 6.36 Å². The third-order valence-electron chi connectivity index (χ3n) is 3.29. The zero-order valence-electron chi connectivity index (χ0n) is 11.6. The minimum atomic E-state index is -4.69. The minimum absolute atomic E-state index is 0.178. The lowest BCUT2D eigenvalue weighted by molar-refractivity contribution is -0.274. The minimum Gasteiger partial charge on any atom is -0.406 e. The van der Waals surface area contributed by atoms with Gasteiger partial charge in [-0.25, -0.2) is 9.97 Å². The van der Waals surface area contributed by atoms with Crippen molar-refractivity contribution in [2.24, 2.45) is 0 Å². The van der Waals surface area contributed by atoms with E-state index in [1.54, 1.807) is 18.5 Å². The van der Waals surface area contributed by atoms with Gasteiger partial charge in [-0.1, -0.05) is 6.07 Å². The van der Waals surface area contributed by atoms with Gasteiger partial charge in [0, 0.05) is 18.9 Å². The van der Waals surface area contributed by atoms with Gasteiger partial charge in [0.05, 0.1) is 0 Å². The zero-order chi connectivity index (χ0) is 15.6. The third kappa shape index (κ3) is 4.09. The van der Waals surface area contributed by atoms with Crippen LogP contribution in [0.5, 0.6) is 5.75 Å². The normalized spacial score (nSPS) is 14.7. The molecule has 0 saturated heterocycles. The van der Waals surface area contributed by atoms with Crippen molar-refractivity contribution in [1.29, 1.82) is 0 Å². The molecule has 0 atom stereocenters. The van der Waals surface area contributed by atoms with Gasteiger partial charge in [-0.3, -0.25) is 0 Å². The van der Waals surface area contributed by atoms with Crippen molar-refractivity contribution in [2.45, 2.75) is 31.7 Å². The van der Waals surface area contributed by atoms with Crippen molar-refractivity contribution in [3.63, 3.8) is 0 Å². The first-order chi connectivity index (χ1) is 10.5. The number of hydrogen-bond donors (Lipinski definition) is 1. The molecule has 1 fully saturated rings. The number of benzene rings is 1. The molecule has 0 unspecified atom stereocenters. The fourth-order valence-electron chi connectivity index (χ4n) is 2.20. The topological polar surface area (TPSA) is 47.0 Å². The summed E-state index contributed by atoms with van der Waals surface area (Å²) in [4.78, 5) is 8.02. The van der Waals surface area contributed by atoms with Crippen LogP contribution in [0.25, 0.3) is 0 Å². The smallest absolute Gasteiger partial charge is 0.406 e. The number of ether oxygens (including phenoxy) is 1. The SMILES string of the molecule is FC(F)(F)Oc1cc(CNc2ncccn2)cc(C2CC2)c1. The first-order valence-electron chi connectivity index (χ1n) is 6.90. The van der Waals surface area contributed by atoms with Crippen molar-refractivity contribution in [2.75, 3.05) is 5.32 Å². The highest BCUT2D eigenvalue weighted by Crippen LogP contribution is 2.42. The average Bonchev–Trinajstić information content (AvgIpc) is 3.29. The Morgan fingerprint density at radius 1 is 1.14 bits per heavy atom. The highest BCUT2D eigenvalue weighted by atomic mass is 19.4. The van der Waals surface area contributed by atoms with Crippen LogP contribution in [0.15, 0.2) is 36.7 Å². The van der Waals surface area contributed by atoms with E-state index in [0.29, 0.717) is 24.0 Å². The summed E-state index contributed by atoms with van der Waals surface area (Å²) in [5.41, 5.74) is 1.59. The molecular formula is C15H14F3N3O.